The van der Waals surface area contributed by atoms with Crippen LogP contribution in [0.5, 0.6) is 0 Å². The van der Waals surface area contributed by atoms with Crippen molar-refractivity contribution in [3.63, 3.8) is 0 Å². The van der Waals surface area contributed by atoms with Gasteiger partial charge in [0.2, 0.25) is 17.8 Å². The highest BCUT2D eigenvalue weighted by Gasteiger charge is 2.34. The molecule has 34 heavy (non-hydrogen) atoms. The van der Waals surface area contributed by atoms with Crippen molar-refractivity contribution in [2.45, 2.75) is 52.1 Å². The standard InChI is InChI=1S/C22H29FN4O2.C3H3NO/c1-14(2)12-21(28)27-11-5-6-18(27)22(29)24-15(3)16-7-9-17(10-8-16)19-13-20(23)25-26(19)4;1-2-4-5-3-1/h7-10,13-15,18H,5-6,11-12H2,1-4H3,(H,24,29);1-3H. The third-order valence-corrected chi connectivity index (χ3v) is 5.72. The van der Waals surface area contributed by atoms with Gasteiger partial charge in [-0.2, -0.15) is 4.39 Å². The van der Waals surface area contributed by atoms with Gasteiger partial charge in [0.1, 0.15) is 12.3 Å². The SMILES string of the molecule is CC(C)CC(=O)N1CCCC1C(=O)NC(C)c1ccc(-c2cc(F)nn2C)cc1.c1cnoc1. The van der Waals surface area contributed by atoms with Crippen LogP contribution in [0, 0.1) is 11.9 Å². The van der Waals surface area contributed by atoms with E-state index in [0.29, 0.717) is 25.1 Å². The summed E-state index contributed by atoms with van der Waals surface area (Å²) in [5.41, 5.74) is 2.49. The van der Waals surface area contributed by atoms with Crippen molar-refractivity contribution in [2.75, 3.05) is 6.54 Å². The number of rotatable bonds is 6. The monoisotopic (exact) mass is 469 g/mol. The first-order valence-electron chi connectivity index (χ1n) is 11.5. The van der Waals surface area contributed by atoms with Gasteiger partial charge < -0.3 is 14.7 Å². The number of carbonyl (C=O) groups excluding carboxylic acids is 2. The fraction of sp³-hybridized carbons (Fsp3) is 0.440. The van der Waals surface area contributed by atoms with Crippen molar-refractivity contribution in [1.82, 2.24) is 25.2 Å². The van der Waals surface area contributed by atoms with Crippen molar-refractivity contribution >= 4 is 11.8 Å². The Balaban J connectivity index is 0.000000574. The normalized spacial score (nSPS) is 16.2. The summed E-state index contributed by atoms with van der Waals surface area (Å²) in [6, 6.07) is 10.2. The highest BCUT2D eigenvalue weighted by molar-refractivity contribution is 5.88. The summed E-state index contributed by atoms with van der Waals surface area (Å²) in [7, 11) is 1.70. The number of nitrogens with one attached hydrogen (secondary N) is 1. The number of carbonyl (C=O) groups is 2. The van der Waals surface area contributed by atoms with E-state index in [1.807, 2.05) is 45.0 Å². The number of halogens is 1. The molecule has 1 aromatic carbocycles. The predicted molar refractivity (Wildman–Crippen MR) is 126 cm³/mol. The van der Waals surface area contributed by atoms with Gasteiger partial charge in [-0.3, -0.25) is 14.3 Å². The lowest BCUT2D eigenvalue weighted by atomic mass is 10.0. The first-order valence-corrected chi connectivity index (χ1v) is 11.5. The number of nitrogens with zero attached hydrogens (tertiary/aromatic N) is 4. The topological polar surface area (TPSA) is 93.3 Å². The minimum atomic E-state index is -0.514. The van der Waals surface area contributed by atoms with Crippen LogP contribution in [0.1, 0.15) is 51.6 Å². The van der Waals surface area contributed by atoms with E-state index >= 15 is 0 Å². The zero-order valence-corrected chi connectivity index (χ0v) is 20.1. The average Bonchev–Trinajstić information content (AvgIpc) is 3.56. The smallest absolute Gasteiger partial charge is 0.243 e. The lowest BCUT2D eigenvalue weighted by molar-refractivity contribution is -0.139. The van der Waals surface area contributed by atoms with Crippen molar-refractivity contribution in [1.29, 1.82) is 0 Å². The molecule has 1 N–H and O–H groups in total. The molecule has 4 rings (SSSR count). The minimum Gasteiger partial charge on any atom is -0.365 e. The van der Waals surface area contributed by atoms with Crippen molar-refractivity contribution in [3.05, 3.63) is 60.4 Å². The third-order valence-electron chi connectivity index (χ3n) is 5.72. The maximum atomic E-state index is 13.3. The zero-order chi connectivity index (χ0) is 24.7. The molecule has 1 fully saturated rings. The lowest BCUT2D eigenvalue weighted by Gasteiger charge is -2.26. The first-order chi connectivity index (χ1) is 16.3. The molecular weight excluding hydrogens is 437 g/mol. The fourth-order valence-electron chi connectivity index (χ4n) is 4.02. The van der Waals surface area contributed by atoms with Crippen LogP contribution in [0.15, 0.2) is 53.4 Å². The Labute approximate surface area is 199 Å². The molecule has 0 radical (unpaired) electrons. The van der Waals surface area contributed by atoms with Crippen LogP contribution in [0.25, 0.3) is 11.3 Å². The summed E-state index contributed by atoms with van der Waals surface area (Å²) in [6.07, 6.45) is 5.12. The second-order valence-electron chi connectivity index (χ2n) is 8.86. The van der Waals surface area contributed by atoms with Gasteiger partial charge in [0.25, 0.3) is 0 Å². The summed E-state index contributed by atoms with van der Waals surface area (Å²) < 4.78 is 19.2. The molecule has 3 aromatic rings. The summed E-state index contributed by atoms with van der Waals surface area (Å²) in [5.74, 6) is -0.291. The molecule has 1 aliphatic heterocycles. The molecule has 182 valence electrons. The van der Waals surface area contributed by atoms with Crippen LogP contribution < -0.4 is 5.32 Å². The second-order valence-corrected chi connectivity index (χ2v) is 8.86. The molecule has 2 aromatic heterocycles. The van der Waals surface area contributed by atoms with Crippen LogP contribution in [0.3, 0.4) is 0 Å². The largest absolute Gasteiger partial charge is 0.365 e. The van der Waals surface area contributed by atoms with Crippen LogP contribution >= 0.6 is 0 Å². The Bertz CT molecular complexity index is 1050. The average molecular weight is 470 g/mol. The van der Waals surface area contributed by atoms with E-state index in [1.165, 1.54) is 17.0 Å². The van der Waals surface area contributed by atoms with E-state index in [2.05, 4.69) is 20.1 Å². The number of amides is 2. The first kappa shape index (κ1) is 25.1. The maximum absolute atomic E-state index is 13.3. The number of benzene rings is 1. The number of likely N-dealkylation sites (tertiary alicyclic amines) is 1. The van der Waals surface area contributed by atoms with Crippen LogP contribution in [0.2, 0.25) is 0 Å². The molecule has 1 saturated heterocycles. The minimum absolute atomic E-state index is 0.0538. The molecule has 1 aliphatic rings. The molecule has 8 nitrogen and oxygen atoms in total. The van der Waals surface area contributed by atoms with Gasteiger partial charge in [-0.05, 0) is 42.9 Å². The van der Waals surface area contributed by atoms with Gasteiger partial charge in [-0.1, -0.05) is 43.3 Å². The predicted octanol–water partition coefficient (Wildman–Crippen LogP) is 4.12. The molecule has 0 saturated carbocycles. The molecule has 3 heterocycles. The molecule has 0 spiro atoms. The lowest BCUT2D eigenvalue weighted by Crippen LogP contribution is -2.46. The van der Waals surface area contributed by atoms with Gasteiger partial charge in [0, 0.05) is 26.1 Å². The summed E-state index contributed by atoms with van der Waals surface area (Å²) in [4.78, 5) is 27.0. The molecule has 2 amide bonds. The van der Waals surface area contributed by atoms with E-state index in [0.717, 1.165) is 17.5 Å². The summed E-state index contributed by atoms with van der Waals surface area (Å²) in [5, 5.41) is 10.1. The van der Waals surface area contributed by atoms with E-state index in [1.54, 1.807) is 24.2 Å². The van der Waals surface area contributed by atoms with Gasteiger partial charge in [-0.25, -0.2) is 0 Å². The molecular formula is C25H32FN5O3. The van der Waals surface area contributed by atoms with E-state index in [-0.39, 0.29) is 29.8 Å². The van der Waals surface area contributed by atoms with Crippen LogP contribution in [0.4, 0.5) is 4.39 Å². The number of hydrogen-bond acceptors (Lipinski definition) is 5. The van der Waals surface area contributed by atoms with E-state index in [4.69, 9.17) is 0 Å². The summed E-state index contributed by atoms with van der Waals surface area (Å²) in [6.45, 7) is 6.59. The van der Waals surface area contributed by atoms with E-state index < -0.39 is 5.95 Å². The Morgan fingerprint density at radius 2 is 1.97 bits per heavy atom. The quantitative estimate of drug-likeness (QED) is 0.586. The molecule has 9 heteroatoms. The Kier molecular flexibility index (Phi) is 8.56. The Morgan fingerprint density at radius 3 is 2.50 bits per heavy atom. The highest BCUT2D eigenvalue weighted by Crippen LogP contribution is 2.24. The third kappa shape index (κ3) is 6.52. The van der Waals surface area contributed by atoms with E-state index in [9.17, 15) is 14.0 Å². The van der Waals surface area contributed by atoms with Crippen LogP contribution in [-0.2, 0) is 16.6 Å². The number of hydrogen-bond donors (Lipinski definition) is 1. The number of aromatic nitrogens is 3. The van der Waals surface area contributed by atoms with Crippen molar-refractivity contribution in [3.8, 4) is 11.3 Å². The zero-order valence-electron chi connectivity index (χ0n) is 20.1. The fourth-order valence-corrected chi connectivity index (χ4v) is 4.02. The van der Waals surface area contributed by atoms with Gasteiger partial charge in [0.15, 0.2) is 0 Å². The second kappa shape index (κ2) is 11.6. The van der Waals surface area contributed by atoms with Gasteiger partial charge in [0.05, 0.1) is 17.9 Å². The van der Waals surface area contributed by atoms with Crippen molar-refractivity contribution < 1.29 is 18.5 Å². The molecule has 2 atom stereocenters. The summed E-state index contributed by atoms with van der Waals surface area (Å²) >= 11 is 0. The maximum Gasteiger partial charge on any atom is 0.243 e. The molecule has 0 bridgehead atoms. The molecule has 0 aliphatic carbocycles. The van der Waals surface area contributed by atoms with Gasteiger partial charge in [-0.15, -0.1) is 5.10 Å². The Hall–Kier alpha value is -3.49. The Morgan fingerprint density at radius 1 is 1.24 bits per heavy atom. The van der Waals surface area contributed by atoms with Crippen molar-refractivity contribution in [2.24, 2.45) is 13.0 Å². The molecule has 2 unspecified atom stereocenters. The van der Waals surface area contributed by atoms with Crippen LogP contribution in [-0.4, -0.2) is 44.2 Å². The van der Waals surface area contributed by atoms with Gasteiger partial charge >= 0.3 is 0 Å². The highest BCUT2D eigenvalue weighted by atomic mass is 19.1. The number of aryl methyl sites for hydroxylation is 1.